The first-order chi connectivity index (χ1) is 13.1. The Hall–Kier alpha value is -3.60. The number of aromatic hydroxyl groups is 1. The largest absolute Gasteiger partial charge is 0.508 e. The number of carbonyl (C=O) groups is 1. The number of hydrogen-bond donors (Lipinski definition) is 2. The summed E-state index contributed by atoms with van der Waals surface area (Å²) in [7, 11) is 0. The first-order valence-electron chi connectivity index (χ1n) is 8.56. The molecule has 0 radical (unpaired) electrons. The molecule has 0 fully saturated rings. The van der Waals surface area contributed by atoms with Gasteiger partial charge in [-0.15, -0.1) is 0 Å². The predicted molar refractivity (Wildman–Crippen MR) is 106 cm³/mol. The number of amides is 1. The van der Waals surface area contributed by atoms with Gasteiger partial charge in [-0.25, -0.2) is 5.43 Å². The molecule has 5 heteroatoms. The molecular formula is C22H20N2O3. The minimum Gasteiger partial charge on any atom is -0.508 e. The summed E-state index contributed by atoms with van der Waals surface area (Å²) in [5.74, 6) is 0.438. The molecule has 1 atom stereocenters. The van der Waals surface area contributed by atoms with Crippen molar-refractivity contribution < 1.29 is 14.6 Å². The molecule has 3 rings (SSSR count). The fourth-order valence-corrected chi connectivity index (χ4v) is 2.44. The number of phenols is 1. The van der Waals surface area contributed by atoms with Gasteiger partial charge in [-0.05, 0) is 60.0 Å². The van der Waals surface area contributed by atoms with E-state index in [1.165, 1.54) is 6.21 Å². The Morgan fingerprint density at radius 3 is 2.26 bits per heavy atom. The molecule has 0 aromatic heterocycles. The third-order valence-corrected chi connectivity index (χ3v) is 3.92. The van der Waals surface area contributed by atoms with E-state index in [1.807, 2.05) is 54.6 Å². The van der Waals surface area contributed by atoms with Crippen molar-refractivity contribution in [1.29, 1.82) is 0 Å². The second kappa shape index (κ2) is 8.67. The number of carbonyl (C=O) groups excluding carboxylic acids is 1. The Morgan fingerprint density at radius 1 is 0.963 bits per heavy atom. The summed E-state index contributed by atoms with van der Waals surface area (Å²) in [4.78, 5) is 12.1. The van der Waals surface area contributed by atoms with Crippen molar-refractivity contribution in [3.8, 4) is 22.6 Å². The fourth-order valence-electron chi connectivity index (χ4n) is 2.44. The molecule has 3 aromatic rings. The Balaban J connectivity index is 1.54. The zero-order valence-corrected chi connectivity index (χ0v) is 14.9. The van der Waals surface area contributed by atoms with Gasteiger partial charge in [0, 0.05) is 0 Å². The lowest BCUT2D eigenvalue weighted by atomic mass is 10.1. The molecule has 0 aliphatic heterocycles. The number of hydrazone groups is 1. The first kappa shape index (κ1) is 18.2. The molecule has 0 saturated carbocycles. The summed E-state index contributed by atoms with van der Waals surface area (Å²) in [6.45, 7) is 1.66. The van der Waals surface area contributed by atoms with Crippen molar-refractivity contribution in [3.05, 3.63) is 84.4 Å². The number of hydrogen-bond acceptors (Lipinski definition) is 4. The van der Waals surface area contributed by atoms with Gasteiger partial charge in [0.05, 0.1) is 6.21 Å². The number of ether oxygens (including phenoxy) is 1. The summed E-state index contributed by atoms with van der Waals surface area (Å²) in [6, 6.07) is 24.1. The van der Waals surface area contributed by atoms with Crippen LogP contribution in [0.4, 0.5) is 0 Å². The summed E-state index contributed by atoms with van der Waals surface area (Å²) < 4.78 is 5.67. The minimum absolute atomic E-state index is 0.177. The van der Waals surface area contributed by atoms with E-state index in [-0.39, 0.29) is 11.7 Å². The summed E-state index contributed by atoms with van der Waals surface area (Å²) in [5, 5.41) is 13.1. The Bertz CT molecular complexity index is 905. The molecule has 0 saturated heterocycles. The first-order valence-corrected chi connectivity index (χ1v) is 8.56. The second-order valence-electron chi connectivity index (χ2n) is 5.98. The van der Waals surface area contributed by atoms with Gasteiger partial charge >= 0.3 is 0 Å². The van der Waals surface area contributed by atoms with Gasteiger partial charge in [0.1, 0.15) is 11.5 Å². The molecule has 3 aromatic carbocycles. The molecule has 0 bridgehead atoms. The van der Waals surface area contributed by atoms with Crippen LogP contribution in [0.3, 0.4) is 0 Å². The number of nitrogens with one attached hydrogen (secondary N) is 1. The van der Waals surface area contributed by atoms with E-state index in [1.54, 1.807) is 31.2 Å². The van der Waals surface area contributed by atoms with Crippen LogP contribution < -0.4 is 10.2 Å². The minimum atomic E-state index is -0.690. The van der Waals surface area contributed by atoms with E-state index < -0.39 is 6.10 Å². The maximum Gasteiger partial charge on any atom is 0.280 e. The van der Waals surface area contributed by atoms with Crippen molar-refractivity contribution in [2.75, 3.05) is 0 Å². The molecule has 0 aliphatic rings. The number of benzene rings is 3. The zero-order chi connectivity index (χ0) is 19.1. The lowest BCUT2D eigenvalue weighted by Crippen LogP contribution is -2.33. The van der Waals surface area contributed by atoms with Gasteiger partial charge in [0.25, 0.3) is 5.91 Å². The van der Waals surface area contributed by atoms with E-state index in [2.05, 4.69) is 10.5 Å². The lowest BCUT2D eigenvalue weighted by molar-refractivity contribution is -0.127. The Morgan fingerprint density at radius 2 is 1.59 bits per heavy atom. The smallest absolute Gasteiger partial charge is 0.280 e. The Labute approximate surface area is 157 Å². The van der Waals surface area contributed by atoms with Gasteiger partial charge < -0.3 is 9.84 Å². The van der Waals surface area contributed by atoms with Crippen molar-refractivity contribution in [2.24, 2.45) is 5.10 Å². The quantitative estimate of drug-likeness (QED) is 0.516. The van der Waals surface area contributed by atoms with E-state index >= 15 is 0 Å². The normalized spacial score (nSPS) is 11.9. The highest BCUT2D eigenvalue weighted by Gasteiger charge is 2.13. The molecule has 1 amide bonds. The van der Waals surface area contributed by atoms with Crippen LogP contribution >= 0.6 is 0 Å². The maximum absolute atomic E-state index is 12.1. The fraction of sp³-hybridized carbons (Fsp3) is 0.0909. The van der Waals surface area contributed by atoms with Gasteiger partial charge in [-0.2, -0.15) is 5.10 Å². The highest BCUT2D eigenvalue weighted by molar-refractivity contribution is 5.84. The lowest BCUT2D eigenvalue weighted by Gasteiger charge is -2.13. The third kappa shape index (κ3) is 5.19. The van der Waals surface area contributed by atoms with Crippen molar-refractivity contribution >= 4 is 12.1 Å². The van der Waals surface area contributed by atoms with Crippen LogP contribution in [0.25, 0.3) is 11.1 Å². The standard InChI is InChI=1S/C22H20N2O3/c1-16(22(26)24-23-15-17-7-11-20(25)12-8-17)27-21-13-9-19(10-14-21)18-5-3-2-4-6-18/h2-16,25H,1H3,(H,24,26)/b23-15+. The third-order valence-electron chi connectivity index (χ3n) is 3.92. The average molecular weight is 360 g/mol. The van der Waals surface area contributed by atoms with Crippen LogP contribution in [-0.4, -0.2) is 23.3 Å². The predicted octanol–water partition coefficient (Wildman–Crippen LogP) is 3.98. The van der Waals surface area contributed by atoms with Crippen LogP contribution in [0, 0.1) is 0 Å². The van der Waals surface area contributed by atoms with Crippen LogP contribution in [0.5, 0.6) is 11.5 Å². The van der Waals surface area contributed by atoms with Gasteiger partial charge in [-0.3, -0.25) is 4.79 Å². The molecule has 136 valence electrons. The van der Waals surface area contributed by atoms with Crippen LogP contribution in [0.1, 0.15) is 12.5 Å². The van der Waals surface area contributed by atoms with Crippen molar-refractivity contribution in [3.63, 3.8) is 0 Å². The molecule has 2 N–H and O–H groups in total. The SMILES string of the molecule is CC(Oc1ccc(-c2ccccc2)cc1)C(=O)N/N=C/c1ccc(O)cc1. The Kier molecular flexibility index (Phi) is 5.84. The zero-order valence-electron chi connectivity index (χ0n) is 14.9. The summed E-state index contributed by atoms with van der Waals surface area (Å²) in [6.07, 6.45) is 0.808. The second-order valence-corrected chi connectivity index (χ2v) is 5.98. The van der Waals surface area contributed by atoms with Crippen molar-refractivity contribution in [1.82, 2.24) is 5.43 Å². The molecule has 5 nitrogen and oxygen atoms in total. The molecule has 0 spiro atoms. The van der Waals surface area contributed by atoms with Crippen molar-refractivity contribution in [2.45, 2.75) is 13.0 Å². The van der Waals surface area contributed by atoms with Gasteiger partial charge in [-0.1, -0.05) is 42.5 Å². The van der Waals surface area contributed by atoms with Gasteiger partial charge in [0.2, 0.25) is 0 Å². The van der Waals surface area contributed by atoms with E-state index in [0.29, 0.717) is 5.75 Å². The molecule has 0 heterocycles. The summed E-state index contributed by atoms with van der Waals surface area (Å²) >= 11 is 0. The van der Waals surface area contributed by atoms with E-state index in [4.69, 9.17) is 4.74 Å². The van der Waals surface area contributed by atoms with Crippen LogP contribution in [0.2, 0.25) is 0 Å². The number of phenolic OH excluding ortho intramolecular Hbond substituents is 1. The van der Waals surface area contributed by atoms with Gasteiger partial charge in [0.15, 0.2) is 6.10 Å². The number of rotatable bonds is 6. The highest BCUT2D eigenvalue weighted by Crippen LogP contribution is 2.22. The molecule has 27 heavy (non-hydrogen) atoms. The number of nitrogens with zero attached hydrogens (tertiary/aromatic N) is 1. The monoisotopic (exact) mass is 360 g/mol. The van der Waals surface area contributed by atoms with E-state index in [9.17, 15) is 9.90 Å². The van der Waals surface area contributed by atoms with E-state index in [0.717, 1.165) is 16.7 Å². The highest BCUT2D eigenvalue weighted by atomic mass is 16.5. The van der Waals surface area contributed by atoms with Crippen LogP contribution in [-0.2, 0) is 4.79 Å². The molecular weight excluding hydrogens is 340 g/mol. The van der Waals surface area contributed by atoms with Crippen LogP contribution in [0.15, 0.2) is 84.0 Å². The maximum atomic E-state index is 12.1. The summed E-state index contributed by atoms with van der Waals surface area (Å²) in [5.41, 5.74) is 5.41. The average Bonchev–Trinajstić information content (AvgIpc) is 2.70. The topological polar surface area (TPSA) is 70.9 Å². The molecule has 1 unspecified atom stereocenters. The molecule has 0 aliphatic carbocycles.